The van der Waals surface area contributed by atoms with Crippen LogP contribution in [0.1, 0.15) is 0 Å². The summed E-state index contributed by atoms with van der Waals surface area (Å²) < 4.78 is 62.4. The van der Waals surface area contributed by atoms with E-state index < -0.39 is 43.1 Å². The molecule has 0 unspecified atom stereocenters. The van der Waals surface area contributed by atoms with Gasteiger partial charge in [-0.3, -0.25) is 0 Å². The Morgan fingerprint density at radius 2 is 1.00 bits per heavy atom. The van der Waals surface area contributed by atoms with Crippen LogP contribution in [0.3, 0.4) is 0 Å². The van der Waals surface area contributed by atoms with Gasteiger partial charge in [0.1, 0.15) is 0 Å². The van der Waals surface area contributed by atoms with Crippen LogP contribution >= 0.6 is 11.1 Å². The molecule has 0 fully saturated rings. The zero-order chi connectivity index (χ0) is 10.2. The number of halogens is 6. The van der Waals surface area contributed by atoms with Crippen molar-refractivity contribution in [1.29, 1.82) is 0 Å². The van der Waals surface area contributed by atoms with Gasteiger partial charge in [-0.2, -0.15) is 11.1 Å². The molecule has 0 amide bonds. The first-order chi connectivity index (χ1) is 6.00. The van der Waals surface area contributed by atoms with Crippen molar-refractivity contribution >= 4 is 25.1 Å². The summed E-state index contributed by atoms with van der Waals surface area (Å²) in [6.07, 6.45) is 0. The van der Waals surface area contributed by atoms with Crippen molar-refractivity contribution in [2.24, 2.45) is 0 Å². The lowest BCUT2D eigenvalue weighted by Crippen LogP contribution is -2.24. The van der Waals surface area contributed by atoms with Gasteiger partial charge in [-0.05, 0) is 0 Å². The predicted octanol–water partition coefficient (Wildman–Crippen LogP) is 1.33. The second-order valence-electron chi connectivity index (χ2n) is 2.18. The van der Waals surface area contributed by atoms with Gasteiger partial charge in [0.05, 0.1) is 0 Å². The Balaban J connectivity index is 3.56. The van der Waals surface area contributed by atoms with Crippen LogP contribution in [0.25, 0.3) is 0 Å². The molecule has 0 saturated heterocycles. The summed E-state index contributed by atoms with van der Waals surface area (Å²) in [5.74, 6) is -9.68. The number of hydrogen-bond acceptors (Lipinski definition) is 0. The van der Waals surface area contributed by atoms with Crippen molar-refractivity contribution < 1.29 is 22.0 Å². The van der Waals surface area contributed by atoms with Crippen LogP contribution in [0, 0.1) is 29.1 Å². The average Bonchev–Trinajstić information content (AvgIpc) is 2.13. The molecular formula is C6H2ClF5Si. The molecule has 0 aromatic heterocycles. The SMILES string of the molecule is Fc1c(F)c(F)c([SiH2]Cl)c(F)c1F. The van der Waals surface area contributed by atoms with Gasteiger partial charge in [-0.15, -0.1) is 0 Å². The predicted molar refractivity (Wildman–Crippen MR) is 40.3 cm³/mol. The highest BCUT2D eigenvalue weighted by Crippen LogP contribution is 2.15. The summed E-state index contributed by atoms with van der Waals surface area (Å²) in [6.45, 7) is 0. The second kappa shape index (κ2) is 3.63. The first kappa shape index (κ1) is 10.5. The fourth-order valence-corrected chi connectivity index (χ4v) is 2.02. The molecule has 0 spiro atoms. The Morgan fingerprint density at radius 1 is 0.692 bits per heavy atom. The molecule has 0 N–H and O–H groups in total. The lowest BCUT2D eigenvalue weighted by atomic mass is 10.3. The Hall–Kier alpha value is -0.623. The van der Waals surface area contributed by atoms with Crippen LogP contribution in [0.4, 0.5) is 22.0 Å². The topological polar surface area (TPSA) is 0 Å². The van der Waals surface area contributed by atoms with E-state index in [1.807, 2.05) is 0 Å². The third-order valence-corrected chi connectivity index (χ3v) is 3.12. The molecular weight excluding hydrogens is 231 g/mol. The largest absolute Gasteiger partial charge is 0.204 e. The summed E-state index contributed by atoms with van der Waals surface area (Å²) in [5, 5.41) is -0.877. The van der Waals surface area contributed by atoms with Gasteiger partial charge in [0.2, 0.25) is 5.82 Å². The van der Waals surface area contributed by atoms with E-state index in [1.54, 1.807) is 0 Å². The maximum absolute atomic E-state index is 12.6. The molecule has 0 aliphatic heterocycles. The quantitative estimate of drug-likeness (QED) is 0.225. The van der Waals surface area contributed by atoms with Gasteiger partial charge in [0.15, 0.2) is 32.1 Å². The van der Waals surface area contributed by atoms with Crippen LogP contribution < -0.4 is 5.19 Å². The minimum absolute atomic E-state index is 0.877. The van der Waals surface area contributed by atoms with Crippen LogP contribution in [-0.2, 0) is 0 Å². The van der Waals surface area contributed by atoms with E-state index in [0.717, 1.165) is 0 Å². The van der Waals surface area contributed by atoms with Crippen LogP contribution in [-0.4, -0.2) is 8.83 Å². The molecule has 0 nitrogen and oxygen atoms in total. The first-order valence-corrected chi connectivity index (χ1v) is 5.91. The molecule has 7 heteroatoms. The molecule has 1 aromatic rings. The number of benzene rings is 1. The first-order valence-electron chi connectivity index (χ1n) is 3.07. The Labute approximate surface area is 76.8 Å². The standard InChI is InChI=1S/C6H2ClF5Si/c7-13-6-4(11)2(9)1(8)3(10)5(6)12/h13H2. The van der Waals surface area contributed by atoms with E-state index in [1.165, 1.54) is 0 Å². The maximum Gasteiger partial charge on any atom is 0.200 e. The molecule has 13 heavy (non-hydrogen) atoms. The molecule has 0 atom stereocenters. The fourth-order valence-electron chi connectivity index (χ4n) is 0.768. The van der Waals surface area contributed by atoms with Crippen molar-refractivity contribution in [3.05, 3.63) is 29.1 Å². The molecule has 72 valence electrons. The smallest absolute Gasteiger partial charge is 0.200 e. The fraction of sp³-hybridized carbons (Fsp3) is 0. The van der Waals surface area contributed by atoms with Crippen molar-refractivity contribution in [2.45, 2.75) is 0 Å². The normalized spacial score (nSPS) is 11.5. The van der Waals surface area contributed by atoms with Crippen molar-refractivity contribution in [3.8, 4) is 0 Å². The van der Waals surface area contributed by atoms with Crippen molar-refractivity contribution in [3.63, 3.8) is 0 Å². The Bertz CT molecular complexity index is 324. The summed E-state index contributed by atoms with van der Waals surface area (Å²) in [4.78, 5) is 0. The van der Waals surface area contributed by atoms with Crippen LogP contribution in [0.15, 0.2) is 0 Å². The highest BCUT2D eigenvalue weighted by molar-refractivity contribution is 7.01. The zero-order valence-corrected chi connectivity index (χ0v) is 8.15. The van der Waals surface area contributed by atoms with Crippen LogP contribution in [0.2, 0.25) is 0 Å². The maximum atomic E-state index is 12.6. The molecule has 0 aliphatic rings. The van der Waals surface area contributed by atoms with E-state index in [4.69, 9.17) is 11.1 Å². The van der Waals surface area contributed by atoms with Crippen molar-refractivity contribution in [2.75, 3.05) is 0 Å². The van der Waals surface area contributed by atoms with Gasteiger partial charge in [0.25, 0.3) is 0 Å². The van der Waals surface area contributed by atoms with Gasteiger partial charge < -0.3 is 0 Å². The van der Waals surface area contributed by atoms with Gasteiger partial charge >= 0.3 is 0 Å². The minimum atomic E-state index is -2.15. The Kier molecular flexibility index (Phi) is 2.92. The second-order valence-corrected chi connectivity index (χ2v) is 3.96. The third-order valence-electron chi connectivity index (χ3n) is 1.43. The monoisotopic (exact) mass is 232 g/mol. The van der Waals surface area contributed by atoms with E-state index in [9.17, 15) is 22.0 Å². The van der Waals surface area contributed by atoms with E-state index in [-0.39, 0.29) is 0 Å². The summed E-state index contributed by atoms with van der Waals surface area (Å²) in [5.41, 5.74) is 0. The summed E-state index contributed by atoms with van der Waals surface area (Å²) in [7, 11) is -1.95. The molecule has 0 saturated carbocycles. The van der Waals surface area contributed by atoms with E-state index >= 15 is 0 Å². The van der Waals surface area contributed by atoms with E-state index in [0.29, 0.717) is 0 Å². The molecule has 0 aliphatic carbocycles. The average molecular weight is 233 g/mol. The summed E-state index contributed by atoms with van der Waals surface area (Å²) in [6, 6.07) is 0. The molecule has 1 rings (SSSR count). The highest BCUT2D eigenvalue weighted by atomic mass is 35.6. The molecule has 0 radical (unpaired) electrons. The summed E-state index contributed by atoms with van der Waals surface area (Å²) >= 11 is 5.14. The van der Waals surface area contributed by atoms with Gasteiger partial charge in [0, 0.05) is 5.19 Å². The lowest BCUT2D eigenvalue weighted by molar-refractivity contribution is 0.384. The molecule has 0 bridgehead atoms. The van der Waals surface area contributed by atoms with E-state index in [2.05, 4.69) is 0 Å². The van der Waals surface area contributed by atoms with Crippen molar-refractivity contribution in [1.82, 2.24) is 0 Å². The number of rotatable bonds is 1. The van der Waals surface area contributed by atoms with Crippen LogP contribution in [0.5, 0.6) is 0 Å². The Morgan fingerprint density at radius 3 is 1.31 bits per heavy atom. The van der Waals surface area contributed by atoms with Gasteiger partial charge in [-0.1, -0.05) is 0 Å². The molecule has 0 heterocycles. The number of hydrogen-bond donors (Lipinski definition) is 0. The minimum Gasteiger partial charge on any atom is -0.204 e. The zero-order valence-electron chi connectivity index (χ0n) is 5.97. The highest BCUT2D eigenvalue weighted by Gasteiger charge is 2.24. The van der Waals surface area contributed by atoms with Gasteiger partial charge in [-0.25, -0.2) is 22.0 Å². The lowest BCUT2D eigenvalue weighted by Gasteiger charge is -2.03. The third kappa shape index (κ3) is 1.55. The molecule has 1 aromatic carbocycles.